The van der Waals surface area contributed by atoms with E-state index in [1.807, 2.05) is 18.2 Å². The molecule has 1 aliphatic rings. The Morgan fingerprint density at radius 1 is 1.44 bits per heavy atom. The summed E-state index contributed by atoms with van der Waals surface area (Å²) in [5.74, 6) is 3.09. The van der Waals surface area contributed by atoms with Gasteiger partial charge in [0.25, 0.3) is 0 Å². The second kappa shape index (κ2) is 4.73. The van der Waals surface area contributed by atoms with Crippen LogP contribution in [0.25, 0.3) is 0 Å². The Morgan fingerprint density at radius 2 is 2.25 bits per heavy atom. The fourth-order valence-electron chi connectivity index (χ4n) is 2.75. The van der Waals surface area contributed by atoms with Crippen molar-refractivity contribution in [1.29, 1.82) is 0 Å². The van der Waals surface area contributed by atoms with E-state index in [2.05, 4.69) is 24.1 Å². The fraction of sp³-hybridized carbons (Fsp3) is 0.615. The highest BCUT2D eigenvalue weighted by Gasteiger charge is 2.31. The molecular weight excluding hydrogens is 198 g/mol. The third-order valence-electron chi connectivity index (χ3n) is 3.85. The van der Waals surface area contributed by atoms with E-state index in [0.717, 1.165) is 17.7 Å². The van der Waals surface area contributed by atoms with Crippen LogP contribution in [0.3, 0.4) is 0 Å². The van der Waals surface area contributed by atoms with E-state index in [0.29, 0.717) is 11.9 Å². The van der Waals surface area contributed by atoms with Crippen LogP contribution in [0.4, 0.5) is 11.6 Å². The minimum atomic E-state index is 0.555. The number of nitrogens with two attached hydrogens (primary N) is 1. The van der Waals surface area contributed by atoms with Gasteiger partial charge in [0.1, 0.15) is 11.6 Å². The highest BCUT2D eigenvalue weighted by atomic mass is 15.0. The summed E-state index contributed by atoms with van der Waals surface area (Å²) in [7, 11) is 0. The molecule has 88 valence electrons. The van der Waals surface area contributed by atoms with Gasteiger partial charge in [-0.05, 0) is 36.8 Å². The van der Waals surface area contributed by atoms with Crippen LogP contribution in [0.15, 0.2) is 18.2 Å². The average molecular weight is 219 g/mol. The predicted molar refractivity (Wildman–Crippen MR) is 68.2 cm³/mol. The topological polar surface area (TPSA) is 50.9 Å². The fourth-order valence-corrected chi connectivity index (χ4v) is 2.75. The van der Waals surface area contributed by atoms with E-state index >= 15 is 0 Å². The maximum absolute atomic E-state index is 5.67. The zero-order valence-electron chi connectivity index (χ0n) is 10.1. The largest absolute Gasteiger partial charge is 0.384 e. The summed E-state index contributed by atoms with van der Waals surface area (Å²) in [6.07, 6.45) is 3.86. The van der Waals surface area contributed by atoms with Crippen LogP contribution in [0.2, 0.25) is 0 Å². The van der Waals surface area contributed by atoms with E-state index in [9.17, 15) is 0 Å². The molecule has 0 aromatic carbocycles. The minimum absolute atomic E-state index is 0.555. The summed E-state index contributed by atoms with van der Waals surface area (Å²) in [5.41, 5.74) is 5.67. The monoisotopic (exact) mass is 219 g/mol. The molecule has 3 nitrogen and oxygen atoms in total. The number of rotatable bonds is 3. The molecule has 0 saturated heterocycles. The van der Waals surface area contributed by atoms with Crippen LogP contribution in [0, 0.1) is 11.8 Å². The SMILES string of the molecule is CCC1CCC(Nc2cccc(N)n2)C1C. The van der Waals surface area contributed by atoms with Crippen molar-refractivity contribution in [1.82, 2.24) is 4.98 Å². The molecule has 1 heterocycles. The number of nitrogen functional groups attached to an aromatic ring is 1. The summed E-state index contributed by atoms with van der Waals surface area (Å²) < 4.78 is 0. The van der Waals surface area contributed by atoms with Crippen LogP contribution in [0.5, 0.6) is 0 Å². The smallest absolute Gasteiger partial charge is 0.128 e. The van der Waals surface area contributed by atoms with E-state index in [1.54, 1.807) is 0 Å². The molecule has 3 atom stereocenters. The number of pyridine rings is 1. The Balaban J connectivity index is 2.00. The zero-order chi connectivity index (χ0) is 11.5. The van der Waals surface area contributed by atoms with Crippen molar-refractivity contribution in [2.24, 2.45) is 11.8 Å². The van der Waals surface area contributed by atoms with Gasteiger partial charge in [0.05, 0.1) is 0 Å². The lowest BCUT2D eigenvalue weighted by Crippen LogP contribution is -2.25. The van der Waals surface area contributed by atoms with Gasteiger partial charge in [0.2, 0.25) is 0 Å². The van der Waals surface area contributed by atoms with Gasteiger partial charge in [-0.25, -0.2) is 4.98 Å². The van der Waals surface area contributed by atoms with Gasteiger partial charge in [-0.2, -0.15) is 0 Å². The second-order valence-electron chi connectivity index (χ2n) is 4.80. The summed E-state index contributed by atoms with van der Waals surface area (Å²) in [5, 5.41) is 3.50. The number of hydrogen-bond acceptors (Lipinski definition) is 3. The molecule has 0 amide bonds. The number of hydrogen-bond donors (Lipinski definition) is 2. The predicted octanol–water partition coefficient (Wildman–Crippen LogP) is 2.90. The lowest BCUT2D eigenvalue weighted by molar-refractivity contribution is 0.391. The molecule has 1 fully saturated rings. The summed E-state index contributed by atoms with van der Waals surface area (Å²) in [4.78, 5) is 4.29. The van der Waals surface area contributed by atoms with E-state index in [-0.39, 0.29) is 0 Å². The Kier molecular flexibility index (Phi) is 3.32. The molecule has 1 aromatic heterocycles. The van der Waals surface area contributed by atoms with Gasteiger partial charge in [0.15, 0.2) is 0 Å². The minimum Gasteiger partial charge on any atom is -0.384 e. The molecular formula is C13H21N3. The third-order valence-corrected chi connectivity index (χ3v) is 3.85. The molecule has 2 rings (SSSR count). The normalized spacial score (nSPS) is 29.2. The molecule has 3 unspecified atom stereocenters. The number of aromatic nitrogens is 1. The molecule has 0 bridgehead atoms. The zero-order valence-corrected chi connectivity index (χ0v) is 10.1. The molecule has 0 radical (unpaired) electrons. The average Bonchev–Trinajstić information content (AvgIpc) is 2.60. The van der Waals surface area contributed by atoms with Crippen molar-refractivity contribution < 1.29 is 0 Å². The first-order valence-electron chi connectivity index (χ1n) is 6.19. The molecule has 3 heteroatoms. The van der Waals surface area contributed by atoms with Gasteiger partial charge < -0.3 is 11.1 Å². The highest BCUT2D eigenvalue weighted by Crippen LogP contribution is 2.35. The van der Waals surface area contributed by atoms with E-state index < -0.39 is 0 Å². The van der Waals surface area contributed by atoms with E-state index in [4.69, 9.17) is 5.73 Å². The molecule has 1 aromatic rings. The van der Waals surface area contributed by atoms with Gasteiger partial charge in [-0.3, -0.25) is 0 Å². The first-order valence-corrected chi connectivity index (χ1v) is 6.19. The maximum Gasteiger partial charge on any atom is 0.128 e. The van der Waals surface area contributed by atoms with Gasteiger partial charge in [-0.1, -0.05) is 26.3 Å². The van der Waals surface area contributed by atoms with Gasteiger partial charge in [-0.15, -0.1) is 0 Å². The Bertz CT molecular complexity index is 351. The van der Waals surface area contributed by atoms with Crippen molar-refractivity contribution >= 4 is 11.6 Å². The Morgan fingerprint density at radius 3 is 2.88 bits per heavy atom. The second-order valence-corrected chi connectivity index (χ2v) is 4.80. The van der Waals surface area contributed by atoms with Crippen molar-refractivity contribution in [3.63, 3.8) is 0 Å². The quantitative estimate of drug-likeness (QED) is 0.821. The van der Waals surface area contributed by atoms with Crippen LogP contribution in [-0.4, -0.2) is 11.0 Å². The molecule has 1 aliphatic carbocycles. The van der Waals surface area contributed by atoms with Crippen LogP contribution < -0.4 is 11.1 Å². The standard InChI is InChI=1S/C13H21N3/c1-3-10-7-8-11(9(10)2)15-13-6-4-5-12(14)16-13/h4-6,9-11H,3,7-8H2,1-2H3,(H3,14,15,16). The summed E-state index contributed by atoms with van der Waals surface area (Å²) in [6, 6.07) is 6.31. The summed E-state index contributed by atoms with van der Waals surface area (Å²) in [6.45, 7) is 4.62. The van der Waals surface area contributed by atoms with Crippen molar-refractivity contribution in [3.8, 4) is 0 Å². The highest BCUT2D eigenvalue weighted by molar-refractivity contribution is 5.43. The molecule has 0 aliphatic heterocycles. The van der Waals surface area contributed by atoms with Gasteiger partial charge >= 0.3 is 0 Å². The summed E-state index contributed by atoms with van der Waals surface area (Å²) >= 11 is 0. The van der Waals surface area contributed by atoms with Crippen molar-refractivity contribution in [2.75, 3.05) is 11.1 Å². The van der Waals surface area contributed by atoms with Crippen LogP contribution in [0.1, 0.15) is 33.1 Å². The molecule has 3 N–H and O–H groups in total. The number of nitrogens with zero attached hydrogens (tertiary/aromatic N) is 1. The van der Waals surface area contributed by atoms with Crippen LogP contribution in [-0.2, 0) is 0 Å². The maximum atomic E-state index is 5.67. The van der Waals surface area contributed by atoms with Gasteiger partial charge in [0, 0.05) is 6.04 Å². The first-order chi connectivity index (χ1) is 7.70. The van der Waals surface area contributed by atoms with E-state index in [1.165, 1.54) is 19.3 Å². The first kappa shape index (κ1) is 11.2. The molecule has 16 heavy (non-hydrogen) atoms. The third kappa shape index (κ3) is 2.29. The Labute approximate surface area is 97.5 Å². The molecule has 1 saturated carbocycles. The van der Waals surface area contributed by atoms with Crippen molar-refractivity contribution in [2.45, 2.75) is 39.2 Å². The number of anilines is 2. The number of nitrogens with one attached hydrogen (secondary N) is 1. The Hall–Kier alpha value is -1.25. The van der Waals surface area contributed by atoms with Crippen LogP contribution >= 0.6 is 0 Å². The molecule has 0 spiro atoms. The van der Waals surface area contributed by atoms with Crippen molar-refractivity contribution in [3.05, 3.63) is 18.2 Å². The lowest BCUT2D eigenvalue weighted by atomic mass is 9.93. The lowest BCUT2D eigenvalue weighted by Gasteiger charge is -2.21.